The van der Waals surface area contributed by atoms with Crippen molar-refractivity contribution in [1.29, 1.82) is 0 Å². The van der Waals surface area contributed by atoms with Crippen LogP contribution in [-0.4, -0.2) is 39.1 Å². The molecule has 4 N–H and O–H groups in total. The van der Waals surface area contributed by atoms with E-state index in [0.717, 1.165) is 6.07 Å². The number of sulfonamides is 1. The zero-order chi connectivity index (χ0) is 15.3. The first-order chi connectivity index (χ1) is 9.27. The lowest BCUT2D eigenvalue weighted by Gasteiger charge is -2.10. The third-order valence-electron chi connectivity index (χ3n) is 2.08. The topological polar surface area (TPSA) is 145 Å². The molecule has 0 aliphatic carbocycles. The highest BCUT2D eigenvalue weighted by Gasteiger charge is 2.22. The van der Waals surface area contributed by atoms with E-state index in [4.69, 9.17) is 15.6 Å². The number of hydrogen-bond acceptors (Lipinski definition) is 6. The van der Waals surface area contributed by atoms with E-state index in [1.165, 1.54) is 19.2 Å². The Hall–Kier alpha value is -2.17. The van der Waals surface area contributed by atoms with E-state index >= 15 is 0 Å². The number of carbonyl (C=O) groups is 2. The minimum Gasteiger partial charge on any atom is -0.495 e. The first kappa shape index (κ1) is 15.9. The van der Waals surface area contributed by atoms with Gasteiger partial charge >= 0.3 is 5.97 Å². The summed E-state index contributed by atoms with van der Waals surface area (Å²) in [6.45, 7) is -0.667. The smallest absolute Gasteiger partial charge is 0.335 e. The van der Waals surface area contributed by atoms with E-state index in [2.05, 4.69) is 4.84 Å². The van der Waals surface area contributed by atoms with E-state index in [-0.39, 0.29) is 11.3 Å². The SMILES string of the molecule is COc1ccc(C(=O)O)cc1S(=O)(=O)NOCC(N)=O. The molecule has 10 heteroatoms. The number of rotatable bonds is 7. The summed E-state index contributed by atoms with van der Waals surface area (Å²) in [7, 11) is -3.00. The van der Waals surface area contributed by atoms with Crippen LogP contribution in [0.5, 0.6) is 5.75 Å². The summed E-state index contributed by atoms with van der Waals surface area (Å²) in [6, 6.07) is 3.27. The van der Waals surface area contributed by atoms with Gasteiger partial charge in [-0.15, -0.1) is 0 Å². The van der Waals surface area contributed by atoms with Gasteiger partial charge in [0.15, 0.2) is 0 Å². The predicted octanol–water partition coefficient (Wildman–Crippen LogP) is -0.911. The van der Waals surface area contributed by atoms with Crippen LogP contribution in [0.1, 0.15) is 10.4 Å². The van der Waals surface area contributed by atoms with E-state index < -0.39 is 33.4 Å². The van der Waals surface area contributed by atoms with E-state index in [1.807, 2.05) is 0 Å². The lowest BCUT2D eigenvalue weighted by Crippen LogP contribution is -2.29. The van der Waals surface area contributed by atoms with Crippen molar-refractivity contribution in [3.05, 3.63) is 23.8 Å². The van der Waals surface area contributed by atoms with Crippen molar-refractivity contribution in [2.75, 3.05) is 13.7 Å². The number of methoxy groups -OCH3 is 1. The van der Waals surface area contributed by atoms with Crippen LogP contribution in [0.15, 0.2) is 23.1 Å². The molecule has 0 aromatic heterocycles. The third kappa shape index (κ3) is 3.91. The summed E-state index contributed by atoms with van der Waals surface area (Å²) in [5, 5.41) is 8.84. The molecule has 1 rings (SSSR count). The number of hydrogen-bond donors (Lipinski definition) is 3. The second kappa shape index (κ2) is 6.32. The highest BCUT2D eigenvalue weighted by Crippen LogP contribution is 2.24. The second-order valence-corrected chi connectivity index (χ2v) is 5.13. The minimum absolute atomic E-state index is 0.0785. The number of nitrogens with two attached hydrogens (primary N) is 1. The lowest BCUT2D eigenvalue weighted by molar-refractivity contribution is -0.123. The van der Waals surface area contributed by atoms with Crippen molar-refractivity contribution >= 4 is 21.9 Å². The van der Waals surface area contributed by atoms with Crippen LogP contribution < -0.4 is 15.4 Å². The Kier molecular flexibility index (Phi) is 5.02. The van der Waals surface area contributed by atoms with Gasteiger partial charge in [-0.3, -0.25) is 9.63 Å². The summed E-state index contributed by atoms with van der Waals surface area (Å²) < 4.78 is 28.6. The van der Waals surface area contributed by atoms with Gasteiger partial charge in [-0.05, 0) is 18.2 Å². The molecule has 0 fully saturated rings. The van der Waals surface area contributed by atoms with Crippen LogP contribution >= 0.6 is 0 Å². The third-order valence-corrected chi connectivity index (χ3v) is 3.32. The number of primary amides is 1. The van der Waals surface area contributed by atoms with Gasteiger partial charge in [-0.1, -0.05) is 4.89 Å². The number of amides is 1. The number of carbonyl (C=O) groups excluding carboxylic acids is 1. The zero-order valence-corrected chi connectivity index (χ0v) is 11.1. The van der Waals surface area contributed by atoms with Crippen LogP contribution in [0.25, 0.3) is 0 Å². The predicted molar refractivity (Wildman–Crippen MR) is 65.4 cm³/mol. The van der Waals surface area contributed by atoms with Gasteiger partial charge in [-0.2, -0.15) is 0 Å². The van der Waals surface area contributed by atoms with Gasteiger partial charge in [-0.25, -0.2) is 13.2 Å². The van der Waals surface area contributed by atoms with Crippen molar-refractivity contribution in [1.82, 2.24) is 4.89 Å². The van der Waals surface area contributed by atoms with Crippen molar-refractivity contribution < 1.29 is 32.7 Å². The monoisotopic (exact) mass is 304 g/mol. The van der Waals surface area contributed by atoms with Crippen molar-refractivity contribution in [2.45, 2.75) is 4.90 Å². The molecular formula is C10H12N2O7S. The highest BCUT2D eigenvalue weighted by atomic mass is 32.2. The average Bonchev–Trinajstić information content (AvgIpc) is 2.37. The molecule has 0 atom stereocenters. The van der Waals surface area contributed by atoms with Crippen molar-refractivity contribution in [3.63, 3.8) is 0 Å². The number of aromatic carboxylic acids is 1. The summed E-state index contributed by atoms with van der Waals surface area (Å²) in [5.41, 5.74) is 4.53. The second-order valence-electron chi connectivity index (χ2n) is 3.51. The summed E-state index contributed by atoms with van der Waals surface area (Å²) in [6.07, 6.45) is 0. The van der Waals surface area contributed by atoms with Crippen LogP contribution in [0.4, 0.5) is 0 Å². The molecule has 0 aliphatic heterocycles. The van der Waals surface area contributed by atoms with Gasteiger partial charge in [0.05, 0.1) is 12.7 Å². The van der Waals surface area contributed by atoms with Gasteiger partial charge in [0.1, 0.15) is 17.3 Å². The van der Waals surface area contributed by atoms with Crippen LogP contribution in [0.3, 0.4) is 0 Å². The Morgan fingerprint density at radius 1 is 1.40 bits per heavy atom. The standard InChI is InChI=1S/C10H12N2O7S/c1-18-7-3-2-6(10(14)15)4-8(7)20(16,17)12-19-5-9(11)13/h2-4,12H,5H2,1H3,(H2,11,13)(H,14,15). The summed E-state index contributed by atoms with van der Waals surface area (Å²) >= 11 is 0. The fourth-order valence-electron chi connectivity index (χ4n) is 1.24. The Labute approximate surface area is 114 Å². The van der Waals surface area contributed by atoms with Crippen LogP contribution in [-0.2, 0) is 19.7 Å². The van der Waals surface area contributed by atoms with E-state index in [0.29, 0.717) is 0 Å². The van der Waals surface area contributed by atoms with Crippen LogP contribution in [0, 0.1) is 0 Å². The Morgan fingerprint density at radius 3 is 2.55 bits per heavy atom. The van der Waals surface area contributed by atoms with E-state index in [1.54, 1.807) is 4.89 Å². The molecule has 0 aliphatic rings. The number of benzene rings is 1. The molecule has 0 radical (unpaired) electrons. The normalized spacial score (nSPS) is 11.1. The molecular weight excluding hydrogens is 292 g/mol. The molecule has 0 unspecified atom stereocenters. The molecule has 0 saturated carbocycles. The molecule has 0 heterocycles. The summed E-state index contributed by atoms with van der Waals surface area (Å²) in [4.78, 5) is 26.9. The highest BCUT2D eigenvalue weighted by molar-refractivity contribution is 7.89. The Bertz CT molecular complexity index is 626. The van der Waals surface area contributed by atoms with Gasteiger partial charge in [0.25, 0.3) is 10.0 Å². The fourth-order valence-corrected chi connectivity index (χ4v) is 2.25. The van der Waals surface area contributed by atoms with Gasteiger partial charge in [0.2, 0.25) is 5.91 Å². The fraction of sp³-hybridized carbons (Fsp3) is 0.200. The number of nitrogens with one attached hydrogen (secondary N) is 1. The lowest BCUT2D eigenvalue weighted by atomic mass is 10.2. The molecule has 20 heavy (non-hydrogen) atoms. The van der Waals surface area contributed by atoms with Gasteiger partial charge in [0, 0.05) is 0 Å². The van der Waals surface area contributed by atoms with Gasteiger partial charge < -0.3 is 15.6 Å². The quantitative estimate of drug-likeness (QED) is 0.553. The van der Waals surface area contributed by atoms with Crippen molar-refractivity contribution in [2.24, 2.45) is 5.73 Å². The maximum atomic E-state index is 11.9. The number of carboxylic acid groups (broad SMARTS) is 1. The molecule has 1 amide bonds. The molecule has 1 aromatic carbocycles. The average molecular weight is 304 g/mol. The largest absolute Gasteiger partial charge is 0.495 e. The minimum atomic E-state index is -4.22. The Morgan fingerprint density at radius 2 is 2.05 bits per heavy atom. The molecule has 0 saturated heterocycles. The molecule has 1 aromatic rings. The van der Waals surface area contributed by atoms with Crippen LogP contribution in [0.2, 0.25) is 0 Å². The first-order valence-corrected chi connectivity index (χ1v) is 6.59. The Balaban J connectivity index is 3.11. The number of carboxylic acids is 1. The zero-order valence-electron chi connectivity index (χ0n) is 10.3. The maximum absolute atomic E-state index is 11.9. The maximum Gasteiger partial charge on any atom is 0.335 e. The molecule has 0 bridgehead atoms. The first-order valence-electron chi connectivity index (χ1n) is 5.11. The molecule has 0 spiro atoms. The van der Waals surface area contributed by atoms with E-state index in [9.17, 15) is 18.0 Å². The molecule has 9 nitrogen and oxygen atoms in total. The molecule has 110 valence electrons. The summed E-state index contributed by atoms with van der Waals surface area (Å²) in [5.74, 6) is -2.26. The number of ether oxygens (including phenoxy) is 1. The van der Waals surface area contributed by atoms with Crippen molar-refractivity contribution in [3.8, 4) is 5.75 Å².